The molecule has 0 aromatic heterocycles. The molecule has 0 radical (unpaired) electrons. The first-order chi connectivity index (χ1) is 41.6. The van der Waals surface area contributed by atoms with Gasteiger partial charge < -0.3 is 81.0 Å². The van der Waals surface area contributed by atoms with Gasteiger partial charge in [-0.3, -0.25) is 0 Å². The number of carbonyl (C=O) groups is 8. The zero-order chi connectivity index (χ0) is 64.9. The van der Waals surface area contributed by atoms with Crippen molar-refractivity contribution in [2.45, 2.75) is 38.6 Å². The molecule has 0 saturated heterocycles. The molecule has 25 heteroatoms. The maximum atomic E-state index is 12.6. The molecule has 3 aromatic carbocycles. The van der Waals surface area contributed by atoms with Crippen LogP contribution < -0.4 is 14.7 Å². The zero-order valence-electron chi connectivity index (χ0n) is 50.9. The van der Waals surface area contributed by atoms with Crippen molar-refractivity contribution in [2.75, 3.05) is 149 Å². The van der Waals surface area contributed by atoms with E-state index in [1.165, 1.54) is 0 Å². The fourth-order valence-corrected chi connectivity index (χ4v) is 6.17. The van der Waals surface area contributed by atoms with E-state index in [1.807, 2.05) is 81.3 Å². The van der Waals surface area contributed by atoms with Crippen LogP contribution in [-0.2, 0) is 90.3 Å². The molecule has 3 rings (SSSR count). The van der Waals surface area contributed by atoms with Gasteiger partial charge in [0.05, 0.1) is 62.9 Å². The summed E-state index contributed by atoms with van der Waals surface area (Å²) in [6.07, 6.45) is 2.27. The maximum absolute atomic E-state index is 12.6. The van der Waals surface area contributed by atoms with E-state index < -0.39 is 72.5 Å². The molecule has 4 unspecified atom stereocenters. The summed E-state index contributed by atoms with van der Waals surface area (Å²) in [6, 6.07) is 20.9. The molecule has 0 amide bonds. The fourth-order valence-electron chi connectivity index (χ4n) is 6.17. The lowest BCUT2D eigenvalue weighted by atomic mass is 10.2. The summed E-state index contributed by atoms with van der Waals surface area (Å²) in [5.74, 6) is -4.48. The van der Waals surface area contributed by atoms with Crippen LogP contribution in [0.3, 0.4) is 0 Å². The topological polar surface area (TPSA) is 275 Å². The molecule has 0 heterocycles. The normalized spacial score (nSPS) is 11.6. The predicted molar refractivity (Wildman–Crippen MR) is 321 cm³/mol. The lowest BCUT2D eigenvalue weighted by Crippen LogP contribution is -2.34. The molecular formula is C62H83N3O22. The Hall–Kier alpha value is -8.72. The van der Waals surface area contributed by atoms with Crippen LogP contribution in [0, 0.1) is 0 Å². The monoisotopic (exact) mass is 1220 g/mol. The summed E-state index contributed by atoms with van der Waals surface area (Å²) in [4.78, 5) is 97.3. The number of esters is 8. The molecule has 25 nitrogen and oxygen atoms in total. The Morgan fingerprint density at radius 2 is 0.667 bits per heavy atom. The number of carbonyl (C=O) groups excluding carboxylic acids is 8. The summed E-state index contributed by atoms with van der Waals surface area (Å²) < 4.78 is 73.3. The highest BCUT2D eigenvalue weighted by molar-refractivity contribution is 5.91. The molecule has 478 valence electrons. The van der Waals surface area contributed by atoms with Crippen molar-refractivity contribution >= 4 is 64.8 Å². The molecule has 87 heavy (non-hydrogen) atoms. The van der Waals surface area contributed by atoms with Crippen LogP contribution in [-0.4, -0.2) is 207 Å². The average Bonchev–Trinajstić information content (AvgIpc) is 3.62. The molecule has 0 fully saturated rings. The van der Waals surface area contributed by atoms with Gasteiger partial charge >= 0.3 is 47.8 Å². The first kappa shape index (κ1) is 76.3. The number of anilines is 3. The molecule has 0 aliphatic rings. The van der Waals surface area contributed by atoms with E-state index >= 15 is 0 Å². The zero-order valence-corrected chi connectivity index (χ0v) is 50.9. The van der Waals surface area contributed by atoms with E-state index in [2.05, 4.69) is 37.6 Å². The molecular weight excluding hydrogens is 1140 g/mol. The smallest absolute Gasteiger partial charge is 0.338 e. The lowest BCUT2D eigenvalue weighted by molar-refractivity contribution is -0.209. The van der Waals surface area contributed by atoms with Crippen molar-refractivity contribution in [1.29, 1.82) is 0 Å². The fraction of sp³-hybridized carbons (Fsp3) is 0.419. The molecule has 3 aromatic rings. The third kappa shape index (κ3) is 36.0. The van der Waals surface area contributed by atoms with Crippen molar-refractivity contribution in [3.8, 4) is 0 Å². The van der Waals surface area contributed by atoms with Gasteiger partial charge in [-0.25, -0.2) is 38.4 Å². The number of hydrogen-bond acceptors (Lipinski definition) is 25. The number of ether oxygens (including phenoxy) is 14. The molecule has 0 spiro atoms. The second-order valence-corrected chi connectivity index (χ2v) is 18.1. The summed E-state index contributed by atoms with van der Waals surface area (Å²) in [7, 11) is 11.4. The molecule has 0 bridgehead atoms. The molecule has 0 N–H and O–H groups in total. The predicted octanol–water partition coefficient (Wildman–Crippen LogP) is 5.90. The van der Waals surface area contributed by atoms with Crippen molar-refractivity contribution in [2.24, 2.45) is 0 Å². The minimum Gasteiger partial charge on any atom is -0.460 e. The van der Waals surface area contributed by atoms with Crippen LogP contribution in [0.5, 0.6) is 0 Å². The van der Waals surface area contributed by atoms with Crippen LogP contribution >= 0.6 is 0 Å². The van der Waals surface area contributed by atoms with E-state index in [9.17, 15) is 38.4 Å². The number of benzene rings is 3. The maximum Gasteiger partial charge on any atom is 0.338 e. The van der Waals surface area contributed by atoms with Gasteiger partial charge in [0.25, 0.3) is 0 Å². The second kappa shape index (κ2) is 45.6. The Bertz CT molecular complexity index is 2590. The minimum atomic E-state index is -0.945. The number of nitrogens with zero attached hydrogens (tertiary/aromatic N) is 3. The van der Waals surface area contributed by atoms with E-state index in [0.717, 1.165) is 47.4 Å². The van der Waals surface area contributed by atoms with Crippen LogP contribution in [0.1, 0.15) is 44.9 Å². The van der Waals surface area contributed by atoms with Gasteiger partial charge in [-0.1, -0.05) is 32.9 Å². The Morgan fingerprint density at radius 1 is 0.356 bits per heavy atom. The van der Waals surface area contributed by atoms with E-state index in [1.54, 1.807) is 62.4 Å². The van der Waals surface area contributed by atoms with Crippen LogP contribution in [0.25, 0.3) is 0 Å². The lowest BCUT2D eigenvalue weighted by Gasteiger charge is -2.24. The summed E-state index contributed by atoms with van der Waals surface area (Å²) in [5.41, 5.74) is 4.10. The quantitative estimate of drug-likeness (QED) is 0.0211. The van der Waals surface area contributed by atoms with Crippen LogP contribution in [0.4, 0.5) is 17.1 Å². The molecule has 4 atom stereocenters. The molecule has 0 aliphatic heterocycles. The number of hydrogen-bond donors (Lipinski definition) is 0. The van der Waals surface area contributed by atoms with Gasteiger partial charge in [0.1, 0.15) is 52.4 Å². The van der Waals surface area contributed by atoms with Gasteiger partial charge in [0.2, 0.25) is 0 Å². The highest BCUT2D eigenvalue weighted by Crippen LogP contribution is 2.16. The van der Waals surface area contributed by atoms with Crippen molar-refractivity contribution in [3.05, 3.63) is 153 Å². The second-order valence-electron chi connectivity index (χ2n) is 18.1. The van der Waals surface area contributed by atoms with Gasteiger partial charge in [-0.15, -0.1) is 0 Å². The first-order valence-corrected chi connectivity index (χ1v) is 27.1. The van der Waals surface area contributed by atoms with Gasteiger partial charge in [0, 0.05) is 89.7 Å². The number of rotatable bonds is 40. The first-order valence-electron chi connectivity index (χ1n) is 27.1. The largest absolute Gasteiger partial charge is 0.460 e. The molecule has 0 saturated carbocycles. The third-order valence-electron chi connectivity index (χ3n) is 10.8. The van der Waals surface area contributed by atoms with Crippen molar-refractivity contribution in [1.82, 2.24) is 0 Å². The Balaban J connectivity index is 0.000000722. The Morgan fingerprint density at radius 3 is 1.05 bits per heavy atom. The summed E-state index contributed by atoms with van der Waals surface area (Å²) in [5, 5.41) is 0. The van der Waals surface area contributed by atoms with Crippen LogP contribution in [0.2, 0.25) is 0 Å². The average molecular weight is 1220 g/mol. The van der Waals surface area contributed by atoms with Gasteiger partial charge in [-0.05, 0) is 86.6 Å². The van der Waals surface area contributed by atoms with E-state index in [0.29, 0.717) is 16.7 Å². The molecule has 0 aliphatic carbocycles. The summed E-state index contributed by atoms with van der Waals surface area (Å²) >= 11 is 0. The van der Waals surface area contributed by atoms with Gasteiger partial charge in [-0.2, -0.15) is 0 Å². The highest BCUT2D eigenvalue weighted by Gasteiger charge is 2.21. The Labute approximate surface area is 508 Å². The van der Waals surface area contributed by atoms with Gasteiger partial charge in [0.15, 0.2) is 18.7 Å². The third-order valence-corrected chi connectivity index (χ3v) is 10.8. The highest BCUT2D eigenvalue weighted by atomic mass is 16.7. The SMILES string of the molecule is C=CC(=O)OCC(COC(=O)c1ccc(N(C)C)cc1)OC(=O)C=C.C=CC(=O)OCCOC(=O)c1ccc(N(C)C)cc1.C=CC(=O)OCCOCCOC(C)OCC(COC(=O)c1ccc(N(C)C)cc1)OC(C)OCCOCCOC(=O)C=C. The van der Waals surface area contributed by atoms with E-state index in [4.69, 9.17) is 61.6 Å². The van der Waals surface area contributed by atoms with Crippen molar-refractivity contribution < 1.29 is 105 Å². The Kier molecular flexibility index (Phi) is 40.0. The summed E-state index contributed by atoms with van der Waals surface area (Å²) in [6.45, 7) is 21.0. The van der Waals surface area contributed by atoms with E-state index in [-0.39, 0.29) is 92.5 Å². The minimum absolute atomic E-state index is 0.0202. The van der Waals surface area contributed by atoms with Crippen LogP contribution in [0.15, 0.2) is 136 Å². The standard InChI is InChI=1S/C30H45NO12.C18H21NO6.C14H17NO4/c1-7-28(32)39-19-15-35-13-17-37-23(3)41-21-27(22-42-30(34)25-9-11-26(12-10-25)31(5)6)43-24(4)38-18-14-36-16-20-40-29(33)8-2;1-5-16(20)23-11-15(25-17(21)6-2)12-24-18(22)13-7-9-14(10-8-13)19(3)4;1-4-13(16)18-9-10-19-14(17)11-5-7-12(8-6-11)15(2)3/h7-12,23-24,27H,1-2,13-22H2,3-6H3;5-10,15H,1-2,11-12H2,3-4H3;4-8H,1,9-10H2,2-3H3. The van der Waals surface area contributed by atoms with Crippen molar-refractivity contribution in [3.63, 3.8) is 0 Å².